The number of anilines is 1. The van der Waals surface area contributed by atoms with E-state index in [0.717, 1.165) is 11.4 Å². The predicted molar refractivity (Wildman–Crippen MR) is 81.9 cm³/mol. The molecular formula is C16H16N4O2. The van der Waals surface area contributed by atoms with Gasteiger partial charge in [-0.3, -0.25) is 4.57 Å². The summed E-state index contributed by atoms with van der Waals surface area (Å²) in [6, 6.07) is 11.3. The first-order valence-electron chi connectivity index (χ1n) is 7.05. The largest absolute Gasteiger partial charge is 0.473 e. The maximum Gasteiger partial charge on any atom is 0.352 e. The van der Waals surface area contributed by atoms with Gasteiger partial charge in [-0.15, -0.1) is 0 Å². The number of hydrogen-bond donors (Lipinski definition) is 0. The molecule has 0 bridgehead atoms. The van der Waals surface area contributed by atoms with E-state index in [2.05, 4.69) is 18.0 Å². The molecule has 2 heterocycles. The molecule has 0 radical (unpaired) electrons. The van der Waals surface area contributed by atoms with Gasteiger partial charge in [0, 0.05) is 25.7 Å². The van der Waals surface area contributed by atoms with E-state index >= 15 is 0 Å². The van der Waals surface area contributed by atoms with Crippen LogP contribution in [0.3, 0.4) is 0 Å². The van der Waals surface area contributed by atoms with E-state index in [-0.39, 0.29) is 18.3 Å². The Kier molecular flexibility index (Phi) is 3.55. The van der Waals surface area contributed by atoms with Crippen molar-refractivity contribution in [2.45, 2.75) is 26.1 Å². The third-order valence-electron chi connectivity index (χ3n) is 3.88. The van der Waals surface area contributed by atoms with Crippen molar-refractivity contribution < 1.29 is 4.74 Å². The molecule has 22 heavy (non-hydrogen) atoms. The van der Waals surface area contributed by atoms with Crippen molar-refractivity contribution in [1.29, 1.82) is 5.26 Å². The second-order valence-corrected chi connectivity index (χ2v) is 5.41. The minimum atomic E-state index is -0.297. The van der Waals surface area contributed by atoms with Crippen molar-refractivity contribution in [3.8, 4) is 11.9 Å². The van der Waals surface area contributed by atoms with Gasteiger partial charge in [-0.2, -0.15) is 10.2 Å². The SMILES string of the molecule is CC1Cn2c(cc(OCc3cccc(C#N)c3)nc2=O)N1C. The number of ether oxygens (including phenoxy) is 1. The monoisotopic (exact) mass is 296 g/mol. The van der Waals surface area contributed by atoms with Crippen LogP contribution in [0.1, 0.15) is 18.1 Å². The molecule has 6 nitrogen and oxygen atoms in total. The summed E-state index contributed by atoms with van der Waals surface area (Å²) in [6.07, 6.45) is 0. The van der Waals surface area contributed by atoms with Crippen molar-refractivity contribution in [1.82, 2.24) is 9.55 Å². The summed E-state index contributed by atoms with van der Waals surface area (Å²) in [5, 5.41) is 8.89. The average molecular weight is 296 g/mol. The van der Waals surface area contributed by atoms with E-state index in [0.29, 0.717) is 18.0 Å². The molecule has 0 aliphatic carbocycles. The predicted octanol–water partition coefficient (Wildman–Crippen LogP) is 1.53. The summed E-state index contributed by atoms with van der Waals surface area (Å²) in [5.41, 5.74) is 1.15. The van der Waals surface area contributed by atoms with Crippen molar-refractivity contribution in [2.24, 2.45) is 0 Å². The van der Waals surface area contributed by atoms with Gasteiger partial charge >= 0.3 is 5.69 Å². The first kappa shape index (κ1) is 14.1. The maximum absolute atomic E-state index is 12.0. The van der Waals surface area contributed by atoms with Crippen LogP contribution in [0.25, 0.3) is 0 Å². The summed E-state index contributed by atoms with van der Waals surface area (Å²) in [6.45, 7) is 2.97. The summed E-state index contributed by atoms with van der Waals surface area (Å²) in [7, 11) is 1.95. The Hall–Kier alpha value is -2.81. The van der Waals surface area contributed by atoms with Crippen LogP contribution in [0, 0.1) is 11.3 Å². The van der Waals surface area contributed by atoms with E-state index in [1.807, 2.05) is 18.0 Å². The van der Waals surface area contributed by atoms with E-state index in [4.69, 9.17) is 10.00 Å². The highest BCUT2D eigenvalue weighted by Gasteiger charge is 2.25. The van der Waals surface area contributed by atoms with Crippen molar-refractivity contribution >= 4 is 5.82 Å². The molecule has 112 valence electrons. The van der Waals surface area contributed by atoms with Crippen LogP contribution in [0.5, 0.6) is 5.88 Å². The third-order valence-corrected chi connectivity index (χ3v) is 3.88. The molecule has 0 amide bonds. The number of hydrogen-bond acceptors (Lipinski definition) is 5. The van der Waals surface area contributed by atoms with Gasteiger partial charge < -0.3 is 9.64 Å². The van der Waals surface area contributed by atoms with Crippen LogP contribution in [-0.2, 0) is 13.2 Å². The van der Waals surface area contributed by atoms with Gasteiger partial charge in [-0.1, -0.05) is 12.1 Å². The normalized spacial score (nSPS) is 16.2. The van der Waals surface area contributed by atoms with Gasteiger partial charge in [0.2, 0.25) is 5.88 Å². The minimum Gasteiger partial charge on any atom is -0.473 e. The minimum absolute atomic E-state index is 0.261. The lowest BCUT2D eigenvalue weighted by Crippen LogP contribution is -2.23. The summed E-state index contributed by atoms with van der Waals surface area (Å²) in [5.74, 6) is 1.12. The molecule has 0 N–H and O–H groups in total. The fourth-order valence-electron chi connectivity index (χ4n) is 2.51. The number of rotatable bonds is 3. The van der Waals surface area contributed by atoms with Crippen molar-refractivity contribution in [3.05, 3.63) is 51.9 Å². The second kappa shape index (κ2) is 5.53. The molecule has 1 aromatic carbocycles. The summed E-state index contributed by atoms with van der Waals surface area (Å²) >= 11 is 0. The molecule has 3 rings (SSSR count). The number of aromatic nitrogens is 2. The number of nitriles is 1. The lowest BCUT2D eigenvalue weighted by molar-refractivity contribution is 0.291. The van der Waals surface area contributed by atoms with E-state index < -0.39 is 0 Å². The molecule has 6 heteroatoms. The quantitative estimate of drug-likeness (QED) is 0.859. The van der Waals surface area contributed by atoms with Gasteiger partial charge in [0.15, 0.2) is 0 Å². The molecule has 1 aromatic heterocycles. The zero-order valence-electron chi connectivity index (χ0n) is 12.5. The van der Waals surface area contributed by atoms with E-state index in [1.165, 1.54) is 0 Å². The van der Waals surface area contributed by atoms with Gasteiger partial charge in [0.1, 0.15) is 12.4 Å². The number of likely N-dealkylation sites (N-methyl/N-ethyl adjacent to an activating group) is 1. The van der Waals surface area contributed by atoms with Crippen LogP contribution in [0.2, 0.25) is 0 Å². The summed E-state index contributed by atoms with van der Waals surface area (Å²) in [4.78, 5) is 18.0. The maximum atomic E-state index is 12.0. The second-order valence-electron chi connectivity index (χ2n) is 5.41. The van der Waals surface area contributed by atoms with Crippen LogP contribution in [-0.4, -0.2) is 22.6 Å². The van der Waals surface area contributed by atoms with Crippen LogP contribution in [0.4, 0.5) is 5.82 Å². The number of nitrogens with zero attached hydrogens (tertiary/aromatic N) is 4. The highest BCUT2D eigenvalue weighted by molar-refractivity contribution is 5.45. The first-order chi connectivity index (χ1) is 10.6. The molecule has 1 aliphatic heterocycles. The van der Waals surface area contributed by atoms with Crippen molar-refractivity contribution in [3.63, 3.8) is 0 Å². The smallest absolute Gasteiger partial charge is 0.352 e. The Morgan fingerprint density at radius 2 is 2.27 bits per heavy atom. The van der Waals surface area contributed by atoms with E-state index in [9.17, 15) is 4.79 Å². The third kappa shape index (κ3) is 2.53. The fourth-order valence-corrected chi connectivity index (χ4v) is 2.51. The molecule has 1 atom stereocenters. The summed E-state index contributed by atoms with van der Waals surface area (Å²) < 4.78 is 7.27. The lowest BCUT2D eigenvalue weighted by Gasteiger charge is -2.16. The van der Waals surface area contributed by atoms with Gasteiger partial charge in [0.05, 0.1) is 11.6 Å². The lowest BCUT2D eigenvalue weighted by atomic mass is 10.1. The molecule has 2 aromatic rings. The average Bonchev–Trinajstić information content (AvgIpc) is 2.82. The highest BCUT2D eigenvalue weighted by atomic mass is 16.5. The number of fused-ring (bicyclic) bond motifs is 1. The van der Waals surface area contributed by atoms with Crippen LogP contribution >= 0.6 is 0 Å². The molecular weight excluding hydrogens is 280 g/mol. The van der Waals surface area contributed by atoms with Crippen molar-refractivity contribution in [2.75, 3.05) is 11.9 Å². The van der Waals surface area contributed by atoms with Gasteiger partial charge in [-0.05, 0) is 24.6 Å². The molecule has 1 aliphatic rings. The molecule has 1 unspecified atom stereocenters. The zero-order chi connectivity index (χ0) is 15.7. The first-order valence-corrected chi connectivity index (χ1v) is 7.05. The fraction of sp³-hybridized carbons (Fsp3) is 0.312. The Morgan fingerprint density at radius 3 is 3.05 bits per heavy atom. The van der Waals surface area contributed by atoms with Crippen LogP contribution < -0.4 is 15.3 Å². The molecule has 0 saturated heterocycles. The molecule has 0 spiro atoms. The zero-order valence-corrected chi connectivity index (χ0v) is 12.5. The number of benzene rings is 1. The van der Waals surface area contributed by atoms with Crippen LogP contribution in [0.15, 0.2) is 35.1 Å². The molecule has 0 fully saturated rings. The standard InChI is InChI=1S/C16H16N4O2/c1-11-9-20-15(19(11)2)7-14(18-16(20)21)22-10-13-5-3-4-12(6-13)8-17/h3-7,11H,9-10H2,1-2H3. The van der Waals surface area contributed by atoms with E-state index in [1.54, 1.807) is 28.8 Å². The Bertz CT molecular complexity index is 807. The molecule has 0 saturated carbocycles. The highest BCUT2D eigenvalue weighted by Crippen LogP contribution is 2.24. The van der Waals surface area contributed by atoms with Gasteiger partial charge in [0.25, 0.3) is 0 Å². The Balaban J connectivity index is 1.81. The Labute approximate surface area is 128 Å². The van der Waals surface area contributed by atoms with Gasteiger partial charge in [-0.25, -0.2) is 4.79 Å². The topological polar surface area (TPSA) is 71.1 Å². The Morgan fingerprint density at radius 1 is 1.45 bits per heavy atom.